The molecule has 0 saturated heterocycles. The lowest BCUT2D eigenvalue weighted by molar-refractivity contribution is 0.702. The molecule has 1 aromatic carbocycles. The third-order valence-electron chi connectivity index (χ3n) is 5.68. The Morgan fingerprint density at radius 3 is 2.16 bits per heavy atom. The molecule has 3 rings (SSSR count). The summed E-state index contributed by atoms with van der Waals surface area (Å²) >= 11 is 0. The lowest BCUT2D eigenvalue weighted by Crippen LogP contribution is -2.45. The zero-order valence-electron chi connectivity index (χ0n) is 16.5. The summed E-state index contributed by atoms with van der Waals surface area (Å²) in [5.74, 6) is 0. The van der Waals surface area contributed by atoms with Crippen LogP contribution in [0.15, 0.2) is 48.8 Å². The van der Waals surface area contributed by atoms with Crippen molar-refractivity contribution >= 4 is 25.0 Å². The van der Waals surface area contributed by atoms with Gasteiger partial charge in [0.05, 0.1) is 0 Å². The smallest absolute Gasteiger partial charge is 0.163 e. The highest BCUT2D eigenvalue weighted by atomic mass is 28.3. The standard InChI is InChI=1S/C21H29N3Si/c1-21(2,3)25(6,7)24-13-12-17-14-18(15-22-20(17)24)16-8-10-19(11-9-16)23(4)5/h8-15H,1-7H3. The minimum absolute atomic E-state index is 0.279. The minimum Gasteiger partial charge on any atom is -0.378 e. The molecule has 0 amide bonds. The molecular formula is C21H29N3Si. The summed E-state index contributed by atoms with van der Waals surface area (Å²) < 4.78 is 2.45. The molecule has 2 aromatic heterocycles. The summed E-state index contributed by atoms with van der Waals surface area (Å²) in [6.45, 7) is 11.9. The van der Waals surface area contributed by atoms with Crippen LogP contribution >= 0.6 is 0 Å². The van der Waals surface area contributed by atoms with E-state index in [1.165, 1.54) is 22.2 Å². The zero-order valence-corrected chi connectivity index (χ0v) is 17.5. The van der Waals surface area contributed by atoms with E-state index in [0.29, 0.717) is 0 Å². The van der Waals surface area contributed by atoms with Crippen LogP contribution in [0.4, 0.5) is 5.69 Å². The molecule has 0 bridgehead atoms. The van der Waals surface area contributed by atoms with Crippen LogP contribution in [0.3, 0.4) is 0 Å². The molecule has 0 atom stereocenters. The Balaban J connectivity index is 2.03. The van der Waals surface area contributed by atoms with Gasteiger partial charge >= 0.3 is 0 Å². The van der Waals surface area contributed by atoms with Gasteiger partial charge in [0.1, 0.15) is 5.65 Å². The SMILES string of the molecule is CN(C)c1ccc(-c2cnc3c(ccn3[Si](C)(C)C(C)(C)C)c2)cc1. The average Bonchev–Trinajstić information content (AvgIpc) is 2.97. The average molecular weight is 352 g/mol. The first-order chi connectivity index (χ1) is 11.6. The van der Waals surface area contributed by atoms with Crippen LogP contribution in [-0.2, 0) is 0 Å². The summed E-state index contributed by atoms with van der Waals surface area (Å²) in [7, 11) is 2.46. The molecule has 0 aliphatic heterocycles. The van der Waals surface area contributed by atoms with Gasteiger partial charge in [0.2, 0.25) is 0 Å². The maximum Gasteiger partial charge on any atom is 0.163 e. The van der Waals surface area contributed by atoms with Crippen molar-refractivity contribution in [2.24, 2.45) is 0 Å². The third kappa shape index (κ3) is 3.11. The van der Waals surface area contributed by atoms with Crippen molar-refractivity contribution in [3.05, 3.63) is 48.8 Å². The van der Waals surface area contributed by atoms with Crippen molar-refractivity contribution in [1.29, 1.82) is 0 Å². The minimum atomic E-state index is -1.66. The molecule has 0 saturated carbocycles. The molecule has 3 nitrogen and oxygen atoms in total. The first kappa shape index (κ1) is 17.7. The molecule has 0 aliphatic rings. The van der Waals surface area contributed by atoms with Crippen LogP contribution in [0.5, 0.6) is 0 Å². The summed E-state index contributed by atoms with van der Waals surface area (Å²) in [5, 5.41) is 1.50. The number of pyridine rings is 1. The Morgan fingerprint density at radius 2 is 1.60 bits per heavy atom. The second-order valence-corrected chi connectivity index (χ2v) is 13.7. The molecule has 4 heteroatoms. The monoisotopic (exact) mass is 351 g/mol. The van der Waals surface area contributed by atoms with Crippen molar-refractivity contribution in [2.45, 2.75) is 38.9 Å². The zero-order chi connectivity index (χ0) is 18.4. The fraction of sp³-hybridized carbons (Fsp3) is 0.381. The van der Waals surface area contributed by atoms with Gasteiger partial charge in [-0.1, -0.05) is 46.0 Å². The number of hydrogen-bond donors (Lipinski definition) is 0. The van der Waals surface area contributed by atoms with E-state index in [1.807, 2.05) is 6.20 Å². The highest BCUT2D eigenvalue weighted by Gasteiger charge is 2.38. The Labute approximate surface area is 152 Å². The van der Waals surface area contributed by atoms with Gasteiger partial charge in [0.25, 0.3) is 0 Å². The predicted octanol–water partition coefficient (Wildman–Crippen LogP) is 5.62. The van der Waals surface area contributed by atoms with Gasteiger partial charge in [-0.15, -0.1) is 0 Å². The number of fused-ring (bicyclic) bond motifs is 1. The summed E-state index contributed by atoms with van der Waals surface area (Å²) in [6.07, 6.45) is 4.24. The van der Waals surface area contributed by atoms with Crippen molar-refractivity contribution in [3.63, 3.8) is 0 Å². The van der Waals surface area contributed by atoms with Crippen molar-refractivity contribution < 1.29 is 0 Å². The third-order valence-corrected chi connectivity index (χ3v) is 10.9. The van der Waals surface area contributed by atoms with Crippen LogP contribution in [0, 0.1) is 0 Å². The number of hydrogen-bond acceptors (Lipinski definition) is 2. The van der Waals surface area contributed by atoms with E-state index in [0.717, 1.165) is 5.65 Å². The first-order valence-corrected chi connectivity index (χ1v) is 11.8. The van der Waals surface area contributed by atoms with E-state index in [1.54, 1.807) is 0 Å². The van der Waals surface area contributed by atoms with Gasteiger partial charge < -0.3 is 9.13 Å². The van der Waals surface area contributed by atoms with Crippen molar-refractivity contribution in [1.82, 2.24) is 9.22 Å². The quantitative estimate of drug-likeness (QED) is 0.571. The normalized spacial score (nSPS) is 12.6. The molecular weight excluding hydrogens is 322 g/mol. The van der Waals surface area contributed by atoms with E-state index in [9.17, 15) is 0 Å². The second-order valence-electron chi connectivity index (χ2n) is 8.57. The first-order valence-electron chi connectivity index (χ1n) is 8.86. The largest absolute Gasteiger partial charge is 0.378 e. The molecule has 0 unspecified atom stereocenters. The summed E-state index contributed by atoms with van der Waals surface area (Å²) in [5.41, 5.74) is 4.70. The molecule has 0 radical (unpaired) electrons. The van der Waals surface area contributed by atoms with Gasteiger partial charge in [0, 0.05) is 36.9 Å². The fourth-order valence-electron chi connectivity index (χ4n) is 2.95. The molecule has 0 N–H and O–H groups in total. The lowest BCUT2D eigenvalue weighted by Gasteiger charge is -2.38. The molecule has 0 aliphatic carbocycles. The second kappa shape index (κ2) is 6.02. The lowest BCUT2D eigenvalue weighted by atomic mass is 10.1. The Kier molecular flexibility index (Phi) is 4.27. The number of anilines is 1. The van der Waals surface area contributed by atoms with Gasteiger partial charge in [0.15, 0.2) is 8.24 Å². The Hall–Kier alpha value is -2.07. The van der Waals surface area contributed by atoms with E-state index in [-0.39, 0.29) is 5.04 Å². The number of aromatic nitrogens is 2. The highest BCUT2D eigenvalue weighted by molar-refractivity contribution is 6.79. The Bertz CT molecular complexity index is 884. The van der Waals surface area contributed by atoms with Gasteiger partial charge in [-0.3, -0.25) is 0 Å². The predicted molar refractivity (Wildman–Crippen MR) is 112 cm³/mol. The van der Waals surface area contributed by atoms with E-state index < -0.39 is 8.24 Å². The fourth-order valence-corrected chi connectivity index (χ4v) is 4.83. The van der Waals surface area contributed by atoms with Crippen LogP contribution in [0.1, 0.15) is 20.8 Å². The van der Waals surface area contributed by atoms with Gasteiger partial charge in [-0.05, 0) is 41.1 Å². The van der Waals surface area contributed by atoms with Crippen LogP contribution in [0.25, 0.3) is 22.2 Å². The number of benzene rings is 1. The van der Waals surface area contributed by atoms with E-state index in [2.05, 4.69) is 99.7 Å². The van der Waals surface area contributed by atoms with Crippen molar-refractivity contribution in [2.75, 3.05) is 19.0 Å². The maximum absolute atomic E-state index is 4.84. The molecule has 0 spiro atoms. The number of rotatable bonds is 3. The van der Waals surface area contributed by atoms with Crippen LogP contribution in [0.2, 0.25) is 18.1 Å². The molecule has 3 aromatic rings. The van der Waals surface area contributed by atoms with Crippen LogP contribution in [-0.4, -0.2) is 31.5 Å². The highest BCUT2D eigenvalue weighted by Crippen LogP contribution is 2.38. The summed E-state index contributed by atoms with van der Waals surface area (Å²) in [6, 6.07) is 13.1. The van der Waals surface area contributed by atoms with Crippen molar-refractivity contribution in [3.8, 4) is 11.1 Å². The topological polar surface area (TPSA) is 21.1 Å². The maximum atomic E-state index is 4.84. The number of nitrogens with zero attached hydrogens (tertiary/aromatic N) is 3. The van der Waals surface area contributed by atoms with E-state index >= 15 is 0 Å². The molecule has 25 heavy (non-hydrogen) atoms. The van der Waals surface area contributed by atoms with Crippen LogP contribution < -0.4 is 4.90 Å². The molecule has 132 valence electrons. The van der Waals surface area contributed by atoms with Gasteiger partial charge in [-0.25, -0.2) is 4.98 Å². The molecule has 2 heterocycles. The van der Waals surface area contributed by atoms with E-state index in [4.69, 9.17) is 4.98 Å². The summed E-state index contributed by atoms with van der Waals surface area (Å²) in [4.78, 5) is 6.96. The van der Waals surface area contributed by atoms with Gasteiger partial charge in [-0.2, -0.15) is 0 Å². The Morgan fingerprint density at radius 1 is 0.960 bits per heavy atom. The molecule has 0 fully saturated rings.